The fraction of sp³-hybridized carbons (Fsp3) is 0.909. The van der Waals surface area contributed by atoms with Gasteiger partial charge in [-0.3, -0.25) is 4.79 Å². The molecule has 1 aliphatic carbocycles. The minimum Gasteiger partial charge on any atom is -0.342 e. The van der Waals surface area contributed by atoms with Gasteiger partial charge in [0.15, 0.2) is 9.84 Å². The summed E-state index contributed by atoms with van der Waals surface area (Å²) in [6.07, 6.45) is 3.24. The van der Waals surface area contributed by atoms with Crippen LogP contribution < -0.4 is 0 Å². The van der Waals surface area contributed by atoms with Crippen LogP contribution in [0, 0.1) is 5.41 Å². The summed E-state index contributed by atoms with van der Waals surface area (Å²) < 4.78 is 22.7. The molecule has 0 spiro atoms. The fourth-order valence-electron chi connectivity index (χ4n) is 2.30. The predicted octanol–water partition coefficient (Wildman–Crippen LogP) is 0.732. The number of sulfone groups is 1. The summed E-state index contributed by atoms with van der Waals surface area (Å²) in [5, 5.41) is 0. The first-order chi connectivity index (χ1) is 7.87. The molecular formula is C11H19NO3S2. The van der Waals surface area contributed by atoms with E-state index in [1.165, 1.54) is 0 Å². The second kappa shape index (κ2) is 4.46. The van der Waals surface area contributed by atoms with Gasteiger partial charge in [0.05, 0.1) is 11.5 Å². The quantitative estimate of drug-likeness (QED) is 0.771. The van der Waals surface area contributed by atoms with Gasteiger partial charge in [-0.2, -0.15) is 12.6 Å². The summed E-state index contributed by atoms with van der Waals surface area (Å²) in [7, 11) is -1.19. The van der Waals surface area contributed by atoms with Crippen LogP contribution >= 0.6 is 12.6 Å². The van der Waals surface area contributed by atoms with Gasteiger partial charge in [0.1, 0.15) is 0 Å². The second-order valence-electron chi connectivity index (χ2n) is 5.40. The van der Waals surface area contributed by atoms with Gasteiger partial charge in [0.25, 0.3) is 0 Å². The van der Waals surface area contributed by atoms with Crippen molar-refractivity contribution in [3.63, 3.8) is 0 Å². The molecule has 0 aromatic rings. The Hall–Kier alpha value is -0.230. The molecule has 6 heteroatoms. The Morgan fingerprint density at radius 3 is 2.53 bits per heavy atom. The van der Waals surface area contributed by atoms with E-state index < -0.39 is 9.84 Å². The number of carbonyl (C=O) groups excluding carboxylic acids is 1. The summed E-state index contributed by atoms with van der Waals surface area (Å²) >= 11 is 4.28. The Labute approximate surface area is 108 Å². The number of amides is 1. The van der Waals surface area contributed by atoms with Gasteiger partial charge in [0, 0.05) is 19.5 Å². The van der Waals surface area contributed by atoms with Gasteiger partial charge in [0.2, 0.25) is 5.91 Å². The van der Waals surface area contributed by atoms with E-state index in [1.807, 2.05) is 0 Å². The van der Waals surface area contributed by atoms with E-state index in [1.54, 1.807) is 11.9 Å². The van der Waals surface area contributed by atoms with Crippen molar-refractivity contribution in [2.45, 2.75) is 31.7 Å². The maximum absolute atomic E-state index is 12.1. The van der Waals surface area contributed by atoms with E-state index in [0.717, 1.165) is 18.6 Å². The van der Waals surface area contributed by atoms with Crippen molar-refractivity contribution in [1.29, 1.82) is 0 Å². The first-order valence-corrected chi connectivity index (χ1v) is 8.40. The Balaban J connectivity index is 1.92. The number of carbonyl (C=O) groups is 1. The van der Waals surface area contributed by atoms with Crippen LogP contribution in [0.5, 0.6) is 0 Å². The average molecular weight is 277 g/mol. The molecule has 2 aliphatic rings. The third kappa shape index (κ3) is 2.96. The van der Waals surface area contributed by atoms with Crippen LogP contribution in [0.3, 0.4) is 0 Å². The molecule has 1 unspecified atom stereocenters. The second-order valence-corrected chi connectivity index (χ2v) is 7.94. The molecule has 1 saturated heterocycles. The Morgan fingerprint density at radius 1 is 1.47 bits per heavy atom. The number of rotatable bonds is 4. The van der Waals surface area contributed by atoms with E-state index >= 15 is 0 Å². The fourth-order valence-corrected chi connectivity index (χ4v) is 4.50. The summed E-state index contributed by atoms with van der Waals surface area (Å²) in [5.41, 5.74) is 0.103. The van der Waals surface area contributed by atoms with Crippen molar-refractivity contribution in [2.24, 2.45) is 5.41 Å². The Morgan fingerprint density at radius 2 is 2.12 bits per heavy atom. The molecule has 1 amide bonds. The topological polar surface area (TPSA) is 54.5 Å². The third-order valence-electron chi connectivity index (χ3n) is 3.97. The molecule has 1 atom stereocenters. The minimum atomic E-state index is -2.92. The molecule has 1 aliphatic heterocycles. The van der Waals surface area contributed by atoms with Gasteiger partial charge >= 0.3 is 0 Å². The van der Waals surface area contributed by atoms with Gasteiger partial charge in [-0.25, -0.2) is 8.42 Å². The zero-order valence-corrected chi connectivity index (χ0v) is 11.8. The van der Waals surface area contributed by atoms with E-state index in [-0.39, 0.29) is 28.9 Å². The van der Waals surface area contributed by atoms with Crippen LogP contribution in [-0.4, -0.2) is 49.6 Å². The average Bonchev–Trinajstić information content (AvgIpc) is 2.95. The molecule has 4 nitrogen and oxygen atoms in total. The summed E-state index contributed by atoms with van der Waals surface area (Å²) in [4.78, 5) is 13.7. The maximum Gasteiger partial charge on any atom is 0.223 e. The van der Waals surface area contributed by atoms with Crippen molar-refractivity contribution in [2.75, 3.05) is 24.3 Å². The molecule has 0 aromatic heterocycles. The van der Waals surface area contributed by atoms with E-state index in [9.17, 15) is 13.2 Å². The lowest BCUT2D eigenvalue weighted by Gasteiger charge is -2.25. The first kappa shape index (κ1) is 13.2. The molecule has 0 radical (unpaired) electrons. The normalized spacial score (nSPS) is 28.9. The van der Waals surface area contributed by atoms with Crippen LogP contribution in [0.15, 0.2) is 0 Å². The first-order valence-electron chi connectivity index (χ1n) is 5.94. The molecule has 0 N–H and O–H groups in total. The highest BCUT2D eigenvalue weighted by Crippen LogP contribution is 2.49. The summed E-state index contributed by atoms with van der Waals surface area (Å²) in [6, 6.07) is -0.122. The highest BCUT2D eigenvalue weighted by molar-refractivity contribution is 7.91. The molecular weight excluding hydrogens is 258 g/mol. The Kier molecular flexibility index (Phi) is 3.47. The zero-order valence-electron chi connectivity index (χ0n) is 10.1. The SMILES string of the molecule is CN(C(=O)CC1(CS)CC1)C1CCS(=O)(=O)C1. The smallest absolute Gasteiger partial charge is 0.223 e. The third-order valence-corrected chi connectivity index (χ3v) is 6.39. The summed E-state index contributed by atoms with van der Waals surface area (Å²) in [5.74, 6) is 1.16. The monoisotopic (exact) mass is 277 g/mol. The van der Waals surface area contributed by atoms with Crippen LogP contribution in [0.4, 0.5) is 0 Å². The standard InChI is InChI=1S/C11H19NO3S2/c1-12(9-2-5-17(14,15)7-9)10(13)6-11(8-16)3-4-11/h9,16H,2-8H2,1H3. The lowest BCUT2D eigenvalue weighted by atomic mass is 10.0. The lowest BCUT2D eigenvalue weighted by molar-refractivity contribution is -0.132. The van der Waals surface area contributed by atoms with E-state index in [4.69, 9.17) is 0 Å². The van der Waals surface area contributed by atoms with Crippen molar-refractivity contribution in [1.82, 2.24) is 4.90 Å². The van der Waals surface area contributed by atoms with Gasteiger partial charge in [-0.1, -0.05) is 0 Å². The number of nitrogens with zero attached hydrogens (tertiary/aromatic N) is 1. The predicted molar refractivity (Wildman–Crippen MR) is 70.0 cm³/mol. The number of hydrogen-bond donors (Lipinski definition) is 1. The Bertz CT molecular complexity index is 414. The zero-order chi connectivity index (χ0) is 12.7. The van der Waals surface area contributed by atoms with Crippen LogP contribution in [0.25, 0.3) is 0 Å². The molecule has 2 rings (SSSR count). The number of hydrogen-bond acceptors (Lipinski definition) is 4. The van der Waals surface area contributed by atoms with Crippen LogP contribution in [-0.2, 0) is 14.6 Å². The van der Waals surface area contributed by atoms with E-state index in [0.29, 0.717) is 12.8 Å². The van der Waals surface area contributed by atoms with Crippen LogP contribution in [0.2, 0.25) is 0 Å². The highest BCUT2D eigenvalue weighted by atomic mass is 32.2. The lowest BCUT2D eigenvalue weighted by Crippen LogP contribution is -2.39. The molecule has 17 heavy (non-hydrogen) atoms. The van der Waals surface area contributed by atoms with Gasteiger partial charge in [-0.05, 0) is 30.4 Å². The molecule has 2 fully saturated rings. The highest BCUT2D eigenvalue weighted by Gasteiger charge is 2.44. The van der Waals surface area contributed by atoms with E-state index in [2.05, 4.69) is 12.6 Å². The molecule has 0 aromatic carbocycles. The molecule has 1 heterocycles. The number of thiol groups is 1. The summed E-state index contributed by atoms with van der Waals surface area (Å²) in [6.45, 7) is 0. The van der Waals surface area contributed by atoms with Crippen molar-refractivity contribution in [3.05, 3.63) is 0 Å². The van der Waals surface area contributed by atoms with Crippen LogP contribution in [0.1, 0.15) is 25.7 Å². The largest absolute Gasteiger partial charge is 0.342 e. The molecule has 1 saturated carbocycles. The van der Waals surface area contributed by atoms with Crippen molar-refractivity contribution >= 4 is 28.4 Å². The van der Waals surface area contributed by atoms with Crippen molar-refractivity contribution < 1.29 is 13.2 Å². The maximum atomic E-state index is 12.1. The molecule has 0 bridgehead atoms. The van der Waals surface area contributed by atoms with Gasteiger partial charge < -0.3 is 4.90 Å². The van der Waals surface area contributed by atoms with Crippen molar-refractivity contribution in [3.8, 4) is 0 Å². The van der Waals surface area contributed by atoms with Gasteiger partial charge in [-0.15, -0.1) is 0 Å². The molecule has 98 valence electrons. The minimum absolute atomic E-state index is 0.0682.